The minimum Gasteiger partial charge on any atom is -0.479 e. The molecule has 2 aliphatic carbocycles. The van der Waals surface area contributed by atoms with Gasteiger partial charge < -0.3 is 10.2 Å². The summed E-state index contributed by atoms with van der Waals surface area (Å²) >= 11 is 0. The van der Waals surface area contributed by atoms with E-state index < -0.39 is 11.6 Å². The largest absolute Gasteiger partial charge is 0.479 e. The minimum absolute atomic E-state index is 0.0258. The molecule has 0 aromatic heterocycles. The molecule has 2 N–H and O–H groups in total. The van der Waals surface area contributed by atoms with Gasteiger partial charge in [0.15, 0.2) is 5.60 Å². The second-order valence-corrected chi connectivity index (χ2v) is 6.42. The van der Waals surface area contributed by atoms with Gasteiger partial charge in [0.2, 0.25) is 0 Å². The van der Waals surface area contributed by atoms with Crippen LogP contribution >= 0.6 is 0 Å². The highest BCUT2D eigenvalue weighted by Crippen LogP contribution is 2.44. The summed E-state index contributed by atoms with van der Waals surface area (Å²) in [5.74, 6) is -0.351. The number of hydrogen-bond donors (Lipinski definition) is 2. The van der Waals surface area contributed by atoms with Crippen LogP contribution in [0.25, 0.3) is 0 Å². The van der Waals surface area contributed by atoms with Gasteiger partial charge in [0.05, 0.1) is 0 Å². The molecular formula is C15H26O3. The first-order valence-electron chi connectivity index (χ1n) is 7.51. The Hall–Kier alpha value is -0.570. The third kappa shape index (κ3) is 2.56. The van der Waals surface area contributed by atoms with E-state index >= 15 is 0 Å². The maximum absolute atomic E-state index is 11.7. The van der Waals surface area contributed by atoms with Crippen LogP contribution in [0.2, 0.25) is 0 Å². The van der Waals surface area contributed by atoms with E-state index in [0.717, 1.165) is 51.4 Å². The van der Waals surface area contributed by atoms with Gasteiger partial charge in [-0.25, -0.2) is 4.79 Å². The molecule has 0 heterocycles. The molecule has 0 bridgehead atoms. The van der Waals surface area contributed by atoms with Gasteiger partial charge in [0.1, 0.15) is 0 Å². The molecule has 2 aliphatic rings. The van der Waals surface area contributed by atoms with Crippen molar-refractivity contribution in [1.29, 1.82) is 0 Å². The lowest BCUT2D eigenvalue weighted by molar-refractivity contribution is -0.178. The Morgan fingerprint density at radius 2 is 1.44 bits per heavy atom. The van der Waals surface area contributed by atoms with Crippen LogP contribution in [0.4, 0.5) is 0 Å². The second kappa shape index (κ2) is 5.60. The van der Waals surface area contributed by atoms with Crippen LogP contribution in [-0.4, -0.2) is 21.8 Å². The molecule has 2 fully saturated rings. The monoisotopic (exact) mass is 254 g/mol. The highest BCUT2D eigenvalue weighted by atomic mass is 16.4. The lowest BCUT2D eigenvalue weighted by Gasteiger charge is -2.43. The van der Waals surface area contributed by atoms with Crippen molar-refractivity contribution in [2.45, 2.75) is 70.3 Å². The van der Waals surface area contributed by atoms with E-state index in [2.05, 4.69) is 6.92 Å². The molecule has 2 rings (SSSR count). The number of hydrogen-bond acceptors (Lipinski definition) is 2. The Bertz CT molecular complexity index is 288. The topological polar surface area (TPSA) is 57.5 Å². The molecule has 0 amide bonds. The normalized spacial score (nSPS) is 33.9. The van der Waals surface area contributed by atoms with E-state index in [-0.39, 0.29) is 11.8 Å². The van der Waals surface area contributed by atoms with Crippen LogP contribution in [0.15, 0.2) is 0 Å². The molecule has 3 nitrogen and oxygen atoms in total. The highest BCUT2D eigenvalue weighted by molar-refractivity contribution is 5.78. The molecule has 0 aliphatic heterocycles. The van der Waals surface area contributed by atoms with Crippen LogP contribution < -0.4 is 0 Å². The zero-order valence-electron chi connectivity index (χ0n) is 11.4. The fraction of sp³-hybridized carbons (Fsp3) is 0.933. The first-order chi connectivity index (χ1) is 8.55. The molecule has 3 heteroatoms. The van der Waals surface area contributed by atoms with Gasteiger partial charge in [-0.3, -0.25) is 0 Å². The minimum atomic E-state index is -1.46. The van der Waals surface area contributed by atoms with E-state index in [9.17, 15) is 15.0 Å². The summed E-state index contributed by atoms with van der Waals surface area (Å²) in [6, 6.07) is 0. The van der Waals surface area contributed by atoms with Gasteiger partial charge in [-0.15, -0.1) is 0 Å². The average Bonchev–Trinajstić information content (AvgIpc) is 2.39. The van der Waals surface area contributed by atoms with Crippen LogP contribution in [0, 0.1) is 17.8 Å². The molecule has 0 saturated heterocycles. The van der Waals surface area contributed by atoms with E-state index in [1.165, 1.54) is 6.42 Å². The predicted octanol–water partition coefficient (Wildman–Crippen LogP) is 3.21. The molecule has 2 saturated carbocycles. The van der Waals surface area contributed by atoms with Gasteiger partial charge in [-0.1, -0.05) is 39.0 Å². The van der Waals surface area contributed by atoms with Crippen molar-refractivity contribution in [1.82, 2.24) is 0 Å². The SMILES string of the molecule is CC1CCC([C@](O)(C(=O)O)C2CCCCC2)CC1. The number of aliphatic carboxylic acids is 1. The first-order valence-corrected chi connectivity index (χ1v) is 7.51. The molecule has 0 aromatic rings. The number of carbonyl (C=O) groups is 1. The summed E-state index contributed by atoms with van der Waals surface area (Å²) in [7, 11) is 0. The van der Waals surface area contributed by atoms with Crippen molar-refractivity contribution in [2.75, 3.05) is 0 Å². The molecule has 104 valence electrons. The Morgan fingerprint density at radius 1 is 0.944 bits per heavy atom. The summed E-state index contributed by atoms with van der Waals surface area (Å²) in [6.45, 7) is 2.22. The van der Waals surface area contributed by atoms with E-state index in [1.807, 2.05) is 0 Å². The lowest BCUT2D eigenvalue weighted by atomic mass is 9.65. The summed E-state index contributed by atoms with van der Waals surface area (Å²) < 4.78 is 0. The van der Waals surface area contributed by atoms with E-state index in [1.54, 1.807) is 0 Å². The van der Waals surface area contributed by atoms with Gasteiger partial charge in [-0.2, -0.15) is 0 Å². The van der Waals surface area contributed by atoms with E-state index in [0.29, 0.717) is 5.92 Å². The number of carboxylic acid groups (broad SMARTS) is 1. The summed E-state index contributed by atoms with van der Waals surface area (Å²) in [5.41, 5.74) is -1.46. The third-order valence-corrected chi connectivity index (χ3v) is 5.21. The quantitative estimate of drug-likeness (QED) is 0.813. The third-order valence-electron chi connectivity index (χ3n) is 5.21. The van der Waals surface area contributed by atoms with Gasteiger partial charge in [0, 0.05) is 0 Å². The number of rotatable bonds is 3. The lowest BCUT2D eigenvalue weighted by Crippen LogP contribution is -2.53. The Balaban J connectivity index is 2.12. The van der Waals surface area contributed by atoms with Crippen molar-refractivity contribution < 1.29 is 15.0 Å². The summed E-state index contributed by atoms with van der Waals surface area (Å²) in [6.07, 6.45) is 8.98. The summed E-state index contributed by atoms with van der Waals surface area (Å²) in [5, 5.41) is 20.4. The van der Waals surface area contributed by atoms with Crippen LogP contribution in [0.1, 0.15) is 64.7 Å². The average molecular weight is 254 g/mol. The van der Waals surface area contributed by atoms with Gasteiger partial charge in [-0.05, 0) is 43.4 Å². The molecule has 0 radical (unpaired) electrons. The zero-order chi connectivity index (χ0) is 13.2. The molecule has 0 spiro atoms. The summed E-state index contributed by atoms with van der Waals surface area (Å²) in [4.78, 5) is 11.7. The standard InChI is InChI=1S/C15H26O3/c1-11-7-9-13(10-8-11)15(18,14(16)17)12-5-3-2-4-6-12/h11-13,18H,2-10H2,1H3,(H,16,17)/t11?,13?,15-/m0/s1. The van der Waals surface area contributed by atoms with Crippen LogP contribution in [0.5, 0.6) is 0 Å². The van der Waals surface area contributed by atoms with Gasteiger partial charge >= 0.3 is 5.97 Å². The molecule has 18 heavy (non-hydrogen) atoms. The molecule has 0 aromatic carbocycles. The Morgan fingerprint density at radius 3 is 1.94 bits per heavy atom. The highest BCUT2D eigenvalue weighted by Gasteiger charge is 2.50. The van der Waals surface area contributed by atoms with Gasteiger partial charge in [0.25, 0.3) is 0 Å². The van der Waals surface area contributed by atoms with Crippen molar-refractivity contribution >= 4 is 5.97 Å². The fourth-order valence-corrected chi connectivity index (χ4v) is 3.93. The maximum atomic E-state index is 11.7. The molecule has 1 atom stereocenters. The van der Waals surface area contributed by atoms with Crippen molar-refractivity contribution in [3.05, 3.63) is 0 Å². The molecule has 0 unspecified atom stereocenters. The Kier molecular flexibility index (Phi) is 4.31. The fourth-order valence-electron chi connectivity index (χ4n) is 3.93. The predicted molar refractivity (Wildman–Crippen MR) is 70.3 cm³/mol. The number of carboxylic acids is 1. The molecular weight excluding hydrogens is 228 g/mol. The second-order valence-electron chi connectivity index (χ2n) is 6.42. The van der Waals surface area contributed by atoms with E-state index in [4.69, 9.17) is 0 Å². The van der Waals surface area contributed by atoms with Crippen LogP contribution in [-0.2, 0) is 4.79 Å². The van der Waals surface area contributed by atoms with Crippen LogP contribution in [0.3, 0.4) is 0 Å². The Labute approximate surface area is 110 Å². The first kappa shape index (κ1) is 13.9. The number of aliphatic hydroxyl groups is 1. The van der Waals surface area contributed by atoms with Crippen molar-refractivity contribution in [2.24, 2.45) is 17.8 Å². The zero-order valence-corrected chi connectivity index (χ0v) is 11.4. The maximum Gasteiger partial charge on any atom is 0.336 e. The van der Waals surface area contributed by atoms with Crippen molar-refractivity contribution in [3.63, 3.8) is 0 Å². The van der Waals surface area contributed by atoms with Crippen molar-refractivity contribution in [3.8, 4) is 0 Å². The smallest absolute Gasteiger partial charge is 0.336 e.